The second-order valence-electron chi connectivity index (χ2n) is 11.8. The maximum atomic E-state index is 7.04. The molecular weight excluding hydrogens is 533 g/mol. The number of hydrogen-bond acceptors (Lipinski definition) is 7. The van der Waals surface area contributed by atoms with Crippen LogP contribution in [0.5, 0.6) is 0 Å². The molecule has 0 fully saturated rings. The topological polar surface area (TPSA) is 64.6 Å². The van der Waals surface area contributed by atoms with Gasteiger partial charge in [0.1, 0.15) is 0 Å². The van der Waals surface area contributed by atoms with E-state index in [9.17, 15) is 0 Å². The molecule has 0 unspecified atom stereocenters. The van der Waals surface area contributed by atoms with Crippen molar-refractivity contribution in [2.24, 2.45) is 0 Å². The van der Waals surface area contributed by atoms with E-state index in [1.807, 2.05) is 27.7 Å². The van der Waals surface area contributed by atoms with Gasteiger partial charge in [0.25, 0.3) is 0 Å². The SMILES string of the molecule is CCO[Si](C)(OCC)C(C[Si](O[Si](C)(C)C)(O[Si](C)(C)C)O[Si](C)(C)C)[Si](C)(OCC)OCC. The molecule has 0 aliphatic heterocycles. The van der Waals surface area contributed by atoms with Crippen LogP contribution in [0.1, 0.15) is 27.7 Å². The average molecular weight is 589 g/mol. The molecule has 206 valence electrons. The van der Waals surface area contributed by atoms with Crippen molar-refractivity contribution < 1.29 is 30.0 Å². The lowest BCUT2D eigenvalue weighted by atomic mass is 10.9. The van der Waals surface area contributed by atoms with Gasteiger partial charge in [-0.3, -0.25) is 0 Å². The molecule has 0 aromatic heterocycles. The molecule has 0 aromatic rings. The summed E-state index contributed by atoms with van der Waals surface area (Å²) >= 11 is 0. The monoisotopic (exact) mass is 588 g/mol. The summed E-state index contributed by atoms with van der Waals surface area (Å²) in [5, 5.41) is -0.0736. The zero-order chi connectivity index (χ0) is 27.1. The van der Waals surface area contributed by atoms with Gasteiger partial charge in [0, 0.05) is 32.5 Å². The fraction of sp³-hybridized carbons (Fsp3) is 1.00. The first-order valence-corrected chi connectivity index (χ1v) is 29.8. The summed E-state index contributed by atoms with van der Waals surface area (Å²) in [7, 11) is -14.8. The Morgan fingerprint density at radius 2 is 0.676 bits per heavy atom. The predicted octanol–water partition coefficient (Wildman–Crippen LogP) is 6.68. The Hall–Kier alpha value is 1.02. The largest absolute Gasteiger partial charge is 0.469 e. The van der Waals surface area contributed by atoms with Crippen molar-refractivity contribution in [2.75, 3.05) is 26.4 Å². The Balaban J connectivity index is 7.08. The molecule has 0 N–H and O–H groups in total. The molecule has 0 radical (unpaired) electrons. The van der Waals surface area contributed by atoms with Gasteiger partial charge in [-0.1, -0.05) is 0 Å². The third-order valence-electron chi connectivity index (χ3n) is 4.83. The van der Waals surface area contributed by atoms with Crippen LogP contribution in [-0.2, 0) is 30.0 Å². The van der Waals surface area contributed by atoms with Gasteiger partial charge in [0.15, 0.2) is 25.0 Å². The second-order valence-corrected chi connectivity index (χ2v) is 35.9. The molecule has 0 aromatic carbocycles. The smallest absolute Gasteiger partial charge is 0.417 e. The minimum absolute atomic E-state index is 0.0736. The van der Waals surface area contributed by atoms with E-state index in [1.54, 1.807) is 0 Å². The molecule has 7 nitrogen and oxygen atoms in total. The third-order valence-corrected chi connectivity index (χ3v) is 27.2. The van der Waals surface area contributed by atoms with Crippen LogP contribution in [0.25, 0.3) is 0 Å². The highest BCUT2D eigenvalue weighted by Gasteiger charge is 2.62. The molecule has 34 heavy (non-hydrogen) atoms. The van der Waals surface area contributed by atoms with E-state index < -0.39 is 50.9 Å². The Morgan fingerprint density at radius 3 is 0.853 bits per heavy atom. The van der Waals surface area contributed by atoms with Crippen molar-refractivity contribution in [3.8, 4) is 0 Å². The molecular formula is C21H56O7Si6. The zero-order valence-corrected chi connectivity index (χ0v) is 31.0. The normalized spacial score (nSPS) is 14.8. The van der Waals surface area contributed by atoms with Gasteiger partial charge in [-0.15, -0.1) is 0 Å². The molecule has 0 aliphatic rings. The second kappa shape index (κ2) is 13.7. The lowest BCUT2D eigenvalue weighted by Crippen LogP contribution is -2.66. The summed E-state index contributed by atoms with van der Waals surface area (Å²) in [5.74, 6) is 0. The van der Waals surface area contributed by atoms with E-state index in [-0.39, 0.29) is 5.16 Å². The van der Waals surface area contributed by atoms with Crippen LogP contribution >= 0.6 is 0 Å². The van der Waals surface area contributed by atoms with E-state index >= 15 is 0 Å². The minimum atomic E-state index is -3.17. The lowest BCUT2D eigenvalue weighted by molar-refractivity contribution is 0.152. The van der Waals surface area contributed by atoms with Crippen LogP contribution in [0.4, 0.5) is 0 Å². The van der Waals surface area contributed by atoms with Crippen LogP contribution in [0.3, 0.4) is 0 Å². The third kappa shape index (κ3) is 12.5. The molecule has 0 amide bonds. The van der Waals surface area contributed by atoms with Gasteiger partial charge in [-0.25, -0.2) is 0 Å². The molecule has 0 saturated heterocycles. The number of rotatable bonds is 18. The standard InChI is InChI=1S/C21H56O7Si6/c1-16-22-32(14,23-17-2)21(33(15,24-18-3)25-19-4)20-34(26-29(5,6)7,27-30(8,9)10)28-31(11,12)13/h21H,16-20H2,1-15H3. The van der Waals surface area contributed by atoms with Gasteiger partial charge >= 0.3 is 25.9 Å². The maximum absolute atomic E-state index is 7.04. The van der Waals surface area contributed by atoms with Crippen LogP contribution < -0.4 is 0 Å². The molecule has 0 spiro atoms. The summed E-state index contributed by atoms with van der Waals surface area (Å²) in [6.07, 6.45) is 0. The van der Waals surface area contributed by atoms with Crippen LogP contribution in [-0.4, -0.2) is 77.3 Å². The van der Waals surface area contributed by atoms with Gasteiger partial charge in [-0.05, 0) is 99.7 Å². The summed E-state index contributed by atoms with van der Waals surface area (Å²) in [4.78, 5) is 0. The molecule has 0 heterocycles. The van der Waals surface area contributed by atoms with Crippen molar-refractivity contribution in [2.45, 2.75) is 111 Å². The zero-order valence-electron chi connectivity index (χ0n) is 25.0. The van der Waals surface area contributed by atoms with Crippen LogP contribution in [0.15, 0.2) is 0 Å². The van der Waals surface area contributed by atoms with Gasteiger partial charge < -0.3 is 30.0 Å². The Labute approximate surface area is 217 Å². The minimum Gasteiger partial charge on any atom is -0.417 e. The van der Waals surface area contributed by atoms with Crippen LogP contribution in [0.2, 0.25) is 83.2 Å². The van der Waals surface area contributed by atoms with Gasteiger partial charge in [0.2, 0.25) is 0 Å². The number of hydrogen-bond donors (Lipinski definition) is 0. The lowest BCUT2D eigenvalue weighted by Gasteiger charge is -2.48. The van der Waals surface area contributed by atoms with Gasteiger partial charge in [0.05, 0.1) is 5.16 Å². The molecule has 0 atom stereocenters. The highest BCUT2D eigenvalue weighted by Crippen LogP contribution is 2.44. The van der Waals surface area contributed by atoms with E-state index in [0.717, 1.165) is 0 Å². The maximum Gasteiger partial charge on any atom is 0.469 e. The summed E-state index contributed by atoms with van der Waals surface area (Å²) in [6, 6.07) is 0.608. The molecule has 0 saturated carbocycles. The van der Waals surface area contributed by atoms with E-state index in [1.165, 1.54) is 0 Å². The van der Waals surface area contributed by atoms with Crippen molar-refractivity contribution in [1.82, 2.24) is 0 Å². The first-order chi connectivity index (χ1) is 15.2. The van der Waals surface area contributed by atoms with E-state index in [0.29, 0.717) is 32.5 Å². The van der Waals surface area contributed by atoms with E-state index in [2.05, 4.69) is 72.0 Å². The van der Waals surface area contributed by atoms with Crippen LogP contribution in [0, 0.1) is 0 Å². The quantitative estimate of drug-likeness (QED) is 0.165. The predicted molar refractivity (Wildman–Crippen MR) is 157 cm³/mol. The Kier molecular flexibility index (Phi) is 14.1. The van der Waals surface area contributed by atoms with Crippen molar-refractivity contribution >= 4 is 50.9 Å². The highest BCUT2D eigenvalue weighted by molar-refractivity contribution is 6.94. The molecule has 0 bridgehead atoms. The Bertz CT molecular complexity index is 515. The molecule has 0 rings (SSSR count). The molecule has 0 aliphatic carbocycles. The Morgan fingerprint density at radius 1 is 0.441 bits per heavy atom. The fourth-order valence-corrected chi connectivity index (χ4v) is 31.2. The highest BCUT2D eigenvalue weighted by atomic mass is 28.5. The fourth-order valence-electron chi connectivity index (χ4n) is 4.32. The van der Waals surface area contributed by atoms with Crippen molar-refractivity contribution in [3.05, 3.63) is 0 Å². The molecule has 13 heteroatoms. The van der Waals surface area contributed by atoms with Gasteiger partial charge in [-0.2, -0.15) is 0 Å². The summed E-state index contributed by atoms with van der Waals surface area (Å²) in [6.45, 7) is 34.7. The summed E-state index contributed by atoms with van der Waals surface area (Å²) in [5.41, 5.74) is 0. The first-order valence-electron chi connectivity index (χ1n) is 12.9. The van der Waals surface area contributed by atoms with Crippen molar-refractivity contribution in [1.29, 1.82) is 0 Å². The van der Waals surface area contributed by atoms with Crippen molar-refractivity contribution in [3.63, 3.8) is 0 Å². The van der Waals surface area contributed by atoms with E-state index in [4.69, 9.17) is 30.0 Å². The first kappa shape index (κ1) is 35.0. The summed E-state index contributed by atoms with van der Waals surface area (Å²) < 4.78 is 47.1. The average Bonchev–Trinajstić information content (AvgIpc) is 2.55.